The molecule has 0 unspecified atom stereocenters. The summed E-state index contributed by atoms with van der Waals surface area (Å²) in [4.78, 5) is 10.8. The molecule has 0 aromatic heterocycles. The molecule has 70 valence electrons. The highest BCUT2D eigenvalue weighted by atomic mass is 32.2. The fourth-order valence-corrected chi connectivity index (χ4v) is 3.21. The van der Waals surface area contributed by atoms with Gasteiger partial charge in [0.2, 0.25) is 0 Å². The van der Waals surface area contributed by atoms with Crippen LogP contribution in [0.3, 0.4) is 0 Å². The van der Waals surface area contributed by atoms with Crippen LogP contribution in [0.2, 0.25) is 0 Å². The topological polar surface area (TPSA) is 60.4 Å². The molecule has 12 heavy (non-hydrogen) atoms. The average Bonchev–Trinajstić information content (AvgIpc) is 2.30. The summed E-state index contributed by atoms with van der Waals surface area (Å²) in [5.74, 6) is 0.0103. The van der Waals surface area contributed by atoms with Gasteiger partial charge in [-0.15, -0.1) is 0 Å². The normalized spacial score (nSPS) is 26.9. The molecular formula is C7H12O4S. The van der Waals surface area contributed by atoms with E-state index in [1.807, 2.05) is 0 Å². The molecule has 0 bridgehead atoms. The number of ether oxygens (including phenoxy) is 1. The Morgan fingerprint density at radius 3 is 2.67 bits per heavy atom. The summed E-state index contributed by atoms with van der Waals surface area (Å²) in [5.41, 5.74) is 0. The molecule has 0 aromatic carbocycles. The fourth-order valence-electron chi connectivity index (χ4n) is 1.35. The molecular weight excluding hydrogens is 180 g/mol. The van der Waals surface area contributed by atoms with E-state index in [0.29, 0.717) is 6.42 Å². The van der Waals surface area contributed by atoms with Gasteiger partial charge in [0.05, 0.1) is 18.6 Å². The van der Waals surface area contributed by atoms with Gasteiger partial charge in [-0.3, -0.25) is 4.79 Å². The minimum absolute atomic E-state index is 0.0255. The molecule has 0 spiro atoms. The molecule has 0 radical (unpaired) electrons. The number of hydrogen-bond acceptors (Lipinski definition) is 4. The number of rotatable bonds is 2. The predicted molar refractivity (Wildman–Crippen MR) is 43.4 cm³/mol. The average molecular weight is 192 g/mol. The van der Waals surface area contributed by atoms with Gasteiger partial charge >= 0.3 is 5.97 Å². The monoisotopic (exact) mass is 192 g/mol. The number of carbonyl (C=O) groups is 1. The molecule has 4 nitrogen and oxygen atoms in total. The van der Waals surface area contributed by atoms with Gasteiger partial charge in [0.15, 0.2) is 9.84 Å². The first-order chi connectivity index (χ1) is 5.53. The van der Waals surface area contributed by atoms with Crippen LogP contribution in [0.15, 0.2) is 0 Å². The third-order valence-electron chi connectivity index (χ3n) is 2.01. The third kappa shape index (κ3) is 2.48. The van der Waals surface area contributed by atoms with Crippen LogP contribution in [0, 0.1) is 5.92 Å². The quantitative estimate of drug-likeness (QED) is 0.577. The summed E-state index contributed by atoms with van der Waals surface area (Å²) >= 11 is 0. The van der Waals surface area contributed by atoms with Crippen molar-refractivity contribution < 1.29 is 17.9 Å². The number of hydrogen-bond donors (Lipinski definition) is 0. The van der Waals surface area contributed by atoms with Crippen LogP contribution in [-0.2, 0) is 19.4 Å². The standard InChI is InChI=1S/C7H12O4S/c1-11-7(8)4-6-2-3-12(9,10)5-6/h6H,2-5H2,1H3/t6-/m1/s1. The minimum atomic E-state index is -2.86. The Morgan fingerprint density at radius 2 is 2.25 bits per heavy atom. The summed E-state index contributed by atoms with van der Waals surface area (Å²) in [5, 5.41) is 0. The molecule has 1 rings (SSSR count). The van der Waals surface area contributed by atoms with Gasteiger partial charge in [-0.1, -0.05) is 0 Å². The Bertz CT molecular complexity index is 267. The van der Waals surface area contributed by atoms with E-state index in [0.717, 1.165) is 0 Å². The second-order valence-corrected chi connectivity index (χ2v) is 5.28. The number of esters is 1. The Kier molecular flexibility index (Phi) is 2.72. The molecule has 1 atom stereocenters. The Balaban J connectivity index is 2.43. The van der Waals surface area contributed by atoms with Crippen molar-refractivity contribution in [1.29, 1.82) is 0 Å². The zero-order valence-corrected chi connectivity index (χ0v) is 7.76. The molecule has 1 heterocycles. The molecule has 0 saturated carbocycles. The van der Waals surface area contributed by atoms with Crippen molar-refractivity contribution in [2.24, 2.45) is 5.92 Å². The van der Waals surface area contributed by atoms with E-state index < -0.39 is 9.84 Å². The van der Waals surface area contributed by atoms with Gasteiger partial charge in [0.1, 0.15) is 0 Å². The van der Waals surface area contributed by atoms with Crippen molar-refractivity contribution in [2.75, 3.05) is 18.6 Å². The molecule has 1 saturated heterocycles. The highest BCUT2D eigenvalue weighted by Crippen LogP contribution is 2.21. The summed E-state index contributed by atoms with van der Waals surface area (Å²) < 4.78 is 26.4. The van der Waals surface area contributed by atoms with Crippen molar-refractivity contribution in [3.05, 3.63) is 0 Å². The van der Waals surface area contributed by atoms with Gasteiger partial charge in [0.25, 0.3) is 0 Å². The smallest absolute Gasteiger partial charge is 0.305 e. The Hall–Kier alpha value is -0.580. The van der Waals surface area contributed by atoms with Crippen LogP contribution in [-0.4, -0.2) is 33.0 Å². The highest BCUT2D eigenvalue weighted by Gasteiger charge is 2.29. The lowest BCUT2D eigenvalue weighted by Crippen LogP contribution is -2.11. The Morgan fingerprint density at radius 1 is 1.58 bits per heavy atom. The second kappa shape index (κ2) is 3.43. The largest absolute Gasteiger partial charge is 0.469 e. The van der Waals surface area contributed by atoms with Crippen LogP contribution < -0.4 is 0 Å². The maximum absolute atomic E-state index is 11.0. The fraction of sp³-hybridized carbons (Fsp3) is 0.857. The minimum Gasteiger partial charge on any atom is -0.469 e. The van der Waals surface area contributed by atoms with Gasteiger partial charge in [-0.2, -0.15) is 0 Å². The van der Waals surface area contributed by atoms with Crippen molar-refractivity contribution in [1.82, 2.24) is 0 Å². The molecule has 1 aliphatic heterocycles. The van der Waals surface area contributed by atoms with E-state index >= 15 is 0 Å². The van der Waals surface area contributed by atoms with E-state index in [2.05, 4.69) is 4.74 Å². The van der Waals surface area contributed by atoms with Crippen molar-refractivity contribution in [3.63, 3.8) is 0 Å². The first-order valence-corrected chi connectivity index (χ1v) is 5.63. The van der Waals surface area contributed by atoms with Crippen LogP contribution >= 0.6 is 0 Å². The third-order valence-corrected chi connectivity index (χ3v) is 3.85. The molecule has 5 heteroatoms. The van der Waals surface area contributed by atoms with Gasteiger partial charge in [-0.25, -0.2) is 8.42 Å². The molecule has 0 aliphatic carbocycles. The highest BCUT2D eigenvalue weighted by molar-refractivity contribution is 7.91. The molecule has 1 fully saturated rings. The lowest BCUT2D eigenvalue weighted by molar-refractivity contribution is -0.141. The summed E-state index contributed by atoms with van der Waals surface area (Å²) in [6.45, 7) is 0. The van der Waals surface area contributed by atoms with Crippen molar-refractivity contribution >= 4 is 15.8 Å². The summed E-state index contributed by atoms with van der Waals surface area (Å²) in [6.07, 6.45) is 0.827. The second-order valence-electron chi connectivity index (χ2n) is 3.05. The SMILES string of the molecule is COC(=O)C[C@H]1CCS(=O)(=O)C1. The molecule has 0 amide bonds. The van der Waals surface area contributed by atoms with Crippen LogP contribution in [0.1, 0.15) is 12.8 Å². The van der Waals surface area contributed by atoms with Crippen LogP contribution in [0.5, 0.6) is 0 Å². The van der Waals surface area contributed by atoms with Gasteiger partial charge < -0.3 is 4.74 Å². The Labute approximate surface area is 71.8 Å². The van der Waals surface area contributed by atoms with Crippen LogP contribution in [0.25, 0.3) is 0 Å². The van der Waals surface area contributed by atoms with Gasteiger partial charge in [-0.05, 0) is 12.3 Å². The lowest BCUT2D eigenvalue weighted by atomic mass is 10.1. The number of carbonyl (C=O) groups excluding carboxylic acids is 1. The molecule has 0 aromatic rings. The van der Waals surface area contributed by atoms with E-state index in [9.17, 15) is 13.2 Å². The van der Waals surface area contributed by atoms with E-state index in [-0.39, 0.29) is 29.8 Å². The van der Waals surface area contributed by atoms with Crippen LogP contribution in [0.4, 0.5) is 0 Å². The zero-order chi connectivity index (χ0) is 9.19. The molecule has 0 N–H and O–H groups in total. The first kappa shape index (κ1) is 9.51. The molecule has 1 aliphatic rings. The first-order valence-electron chi connectivity index (χ1n) is 3.81. The van der Waals surface area contributed by atoms with Crippen molar-refractivity contribution in [3.8, 4) is 0 Å². The van der Waals surface area contributed by atoms with E-state index in [1.54, 1.807) is 0 Å². The maximum atomic E-state index is 11.0. The summed E-state index contributed by atoms with van der Waals surface area (Å²) in [6, 6.07) is 0. The maximum Gasteiger partial charge on any atom is 0.305 e. The predicted octanol–water partition coefficient (Wildman–Crippen LogP) is -0.0158. The number of sulfone groups is 1. The zero-order valence-electron chi connectivity index (χ0n) is 6.95. The number of methoxy groups -OCH3 is 1. The van der Waals surface area contributed by atoms with E-state index in [1.165, 1.54) is 7.11 Å². The summed E-state index contributed by atoms with van der Waals surface area (Å²) in [7, 11) is -1.55. The lowest BCUT2D eigenvalue weighted by Gasteiger charge is -2.03. The van der Waals surface area contributed by atoms with E-state index in [4.69, 9.17) is 0 Å². The van der Waals surface area contributed by atoms with Gasteiger partial charge in [0, 0.05) is 6.42 Å². The van der Waals surface area contributed by atoms with Crippen molar-refractivity contribution in [2.45, 2.75) is 12.8 Å².